The van der Waals surface area contributed by atoms with Crippen LogP contribution in [0.1, 0.15) is 22.8 Å². The third kappa shape index (κ3) is 4.32. The van der Waals surface area contributed by atoms with Crippen molar-refractivity contribution in [1.82, 2.24) is 0 Å². The number of ether oxygens (including phenoxy) is 3. The Bertz CT molecular complexity index is 1380. The van der Waals surface area contributed by atoms with Crippen molar-refractivity contribution in [2.45, 2.75) is 6.10 Å². The smallest absolute Gasteiger partial charge is 0.143 e. The molecule has 1 N–H and O–H groups in total. The fourth-order valence-corrected chi connectivity index (χ4v) is 5.11. The molecule has 36 heavy (non-hydrogen) atoms. The number of aliphatic hydroxyl groups excluding tert-OH is 1. The van der Waals surface area contributed by atoms with Gasteiger partial charge in [0.15, 0.2) is 0 Å². The Morgan fingerprint density at radius 2 is 1.58 bits per heavy atom. The van der Waals surface area contributed by atoms with E-state index in [1.54, 1.807) is 0 Å². The largest absolute Gasteiger partial charge is 0.491 e. The minimum Gasteiger partial charge on any atom is -0.491 e. The van der Waals surface area contributed by atoms with Crippen LogP contribution in [0.25, 0.3) is 16.3 Å². The summed E-state index contributed by atoms with van der Waals surface area (Å²) in [6.07, 6.45) is 1.99. The van der Waals surface area contributed by atoms with Crippen LogP contribution >= 0.6 is 0 Å². The summed E-state index contributed by atoms with van der Waals surface area (Å²) in [4.78, 5) is 2.40. The predicted octanol–water partition coefficient (Wildman–Crippen LogP) is 5.61. The molecule has 2 heterocycles. The third-order valence-electron chi connectivity index (χ3n) is 6.83. The molecule has 0 aromatic heterocycles. The van der Waals surface area contributed by atoms with E-state index in [4.69, 9.17) is 19.3 Å². The van der Waals surface area contributed by atoms with Gasteiger partial charge in [-0.1, -0.05) is 66.7 Å². The molecule has 0 amide bonds. The summed E-state index contributed by atoms with van der Waals surface area (Å²) >= 11 is 0. The Hall–Kier alpha value is -3.80. The molecular formula is C31H29NO4. The van der Waals surface area contributed by atoms with Crippen LogP contribution in [-0.2, 0) is 4.74 Å². The van der Waals surface area contributed by atoms with E-state index < -0.39 is 0 Å². The summed E-state index contributed by atoms with van der Waals surface area (Å²) in [5, 5.41) is 11.5. The first-order valence-electron chi connectivity index (χ1n) is 12.5. The fraction of sp³-hybridized carbons (Fsp3) is 0.226. The Morgan fingerprint density at radius 1 is 0.861 bits per heavy atom. The summed E-state index contributed by atoms with van der Waals surface area (Å²) in [5.41, 5.74) is 5.71. The summed E-state index contributed by atoms with van der Waals surface area (Å²) in [5.74, 6) is 1.62. The van der Waals surface area contributed by atoms with Crippen molar-refractivity contribution in [3.05, 3.63) is 108 Å². The predicted molar refractivity (Wildman–Crippen MR) is 143 cm³/mol. The van der Waals surface area contributed by atoms with Gasteiger partial charge in [-0.05, 0) is 40.3 Å². The number of nitrogens with zero attached hydrogens (tertiary/aromatic N) is 1. The average Bonchev–Trinajstić information content (AvgIpc) is 2.96. The van der Waals surface area contributed by atoms with Gasteiger partial charge in [0.05, 0.1) is 19.8 Å². The highest BCUT2D eigenvalue weighted by Crippen LogP contribution is 2.47. The van der Waals surface area contributed by atoms with Gasteiger partial charge in [-0.25, -0.2) is 0 Å². The number of anilines is 1. The molecule has 6 rings (SSSR count). The standard InChI is InChI=1S/C31H29NO4/c33-16-19-35-24-12-10-23(11-13-24)29-20-27(22-6-2-1-3-7-22)31-26-9-5-4-8-25(26)28(21-30(31)36-29)32-14-17-34-18-15-32/h1-13,20-21,29,33H,14-19H2. The highest BCUT2D eigenvalue weighted by atomic mass is 16.5. The molecule has 0 aliphatic carbocycles. The first-order valence-corrected chi connectivity index (χ1v) is 12.5. The fourth-order valence-electron chi connectivity index (χ4n) is 5.11. The van der Waals surface area contributed by atoms with Crippen LogP contribution in [0.4, 0.5) is 5.69 Å². The first kappa shape index (κ1) is 22.7. The maximum absolute atomic E-state index is 9.05. The Balaban J connectivity index is 1.49. The third-order valence-corrected chi connectivity index (χ3v) is 6.83. The second-order valence-corrected chi connectivity index (χ2v) is 9.04. The number of aliphatic hydroxyl groups is 1. The minimum absolute atomic E-state index is 0.00707. The van der Waals surface area contributed by atoms with Crippen molar-refractivity contribution < 1.29 is 19.3 Å². The SMILES string of the molecule is OCCOc1ccc(C2C=C(c3ccccc3)c3c(cc(N4CCOCC4)c4ccccc34)O2)cc1. The van der Waals surface area contributed by atoms with Crippen LogP contribution in [0, 0.1) is 0 Å². The summed E-state index contributed by atoms with van der Waals surface area (Å²) in [6, 6.07) is 29.3. The van der Waals surface area contributed by atoms with Crippen LogP contribution in [-0.4, -0.2) is 44.6 Å². The summed E-state index contributed by atoms with van der Waals surface area (Å²) in [7, 11) is 0. The van der Waals surface area contributed by atoms with Crippen molar-refractivity contribution >= 4 is 22.0 Å². The van der Waals surface area contributed by atoms with Gasteiger partial charge in [-0.3, -0.25) is 0 Å². The van der Waals surface area contributed by atoms with Gasteiger partial charge in [0, 0.05) is 35.8 Å². The average molecular weight is 480 g/mol. The molecule has 1 unspecified atom stereocenters. The van der Waals surface area contributed by atoms with Crippen molar-refractivity contribution in [1.29, 1.82) is 0 Å². The number of hydrogen-bond donors (Lipinski definition) is 1. The van der Waals surface area contributed by atoms with Crippen LogP contribution in [0.3, 0.4) is 0 Å². The summed E-state index contributed by atoms with van der Waals surface area (Å²) < 4.78 is 17.9. The zero-order valence-electron chi connectivity index (χ0n) is 20.1. The molecule has 1 atom stereocenters. The van der Waals surface area contributed by atoms with E-state index >= 15 is 0 Å². The summed E-state index contributed by atoms with van der Waals surface area (Å²) in [6.45, 7) is 3.46. The van der Waals surface area contributed by atoms with Crippen molar-refractivity contribution in [3.63, 3.8) is 0 Å². The monoisotopic (exact) mass is 479 g/mol. The molecule has 0 spiro atoms. The Morgan fingerprint density at radius 3 is 2.33 bits per heavy atom. The van der Waals surface area contributed by atoms with Gasteiger partial charge in [-0.2, -0.15) is 0 Å². The topological polar surface area (TPSA) is 51.2 Å². The van der Waals surface area contributed by atoms with E-state index in [2.05, 4.69) is 65.6 Å². The number of morpholine rings is 1. The van der Waals surface area contributed by atoms with E-state index in [0.29, 0.717) is 0 Å². The van der Waals surface area contributed by atoms with Gasteiger partial charge < -0.3 is 24.2 Å². The molecule has 5 nitrogen and oxygen atoms in total. The van der Waals surface area contributed by atoms with Gasteiger partial charge in [0.1, 0.15) is 24.2 Å². The Kier molecular flexibility index (Phi) is 6.33. The molecule has 4 aromatic carbocycles. The lowest BCUT2D eigenvalue weighted by Crippen LogP contribution is -2.36. The number of fused-ring (bicyclic) bond motifs is 3. The highest BCUT2D eigenvalue weighted by molar-refractivity contribution is 6.06. The lowest BCUT2D eigenvalue weighted by atomic mass is 9.88. The maximum atomic E-state index is 9.05. The van der Waals surface area contributed by atoms with Gasteiger partial charge in [0.25, 0.3) is 0 Å². The van der Waals surface area contributed by atoms with E-state index in [-0.39, 0.29) is 19.3 Å². The molecular weight excluding hydrogens is 450 g/mol. The number of hydrogen-bond acceptors (Lipinski definition) is 5. The Labute approximate surface area is 211 Å². The van der Waals surface area contributed by atoms with Gasteiger partial charge in [-0.15, -0.1) is 0 Å². The van der Waals surface area contributed by atoms with E-state index in [1.165, 1.54) is 27.6 Å². The van der Waals surface area contributed by atoms with E-state index in [0.717, 1.165) is 48.9 Å². The lowest BCUT2D eigenvalue weighted by molar-refractivity contribution is 0.123. The minimum atomic E-state index is -0.238. The molecule has 182 valence electrons. The van der Waals surface area contributed by atoms with Crippen LogP contribution < -0.4 is 14.4 Å². The zero-order valence-corrected chi connectivity index (χ0v) is 20.1. The van der Waals surface area contributed by atoms with Crippen molar-refractivity contribution in [3.8, 4) is 11.5 Å². The highest BCUT2D eigenvalue weighted by Gasteiger charge is 2.27. The quantitative estimate of drug-likeness (QED) is 0.389. The molecule has 5 heteroatoms. The van der Waals surface area contributed by atoms with Crippen LogP contribution in [0.15, 0.2) is 91.0 Å². The molecule has 0 saturated carbocycles. The molecule has 0 radical (unpaired) electrons. The van der Waals surface area contributed by atoms with Gasteiger partial charge in [0.2, 0.25) is 0 Å². The van der Waals surface area contributed by atoms with E-state index in [9.17, 15) is 0 Å². The maximum Gasteiger partial charge on any atom is 0.143 e. The number of benzene rings is 4. The molecule has 2 aliphatic heterocycles. The zero-order chi connectivity index (χ0) is 24.3. The second-order valence-electron chi connectivity index (χ2n) is 9.04. The normalized spacial score (nSPS) is 17.3. The van der Waals surface area contributed by atoms with E-state index in [1.807, 2.05) is 30.3 Å². The van der Waals surface area contributed by atoms with Crippen molar-refractivity contribution in [2.75, 3.05) is 44.4 Å². The lowest BCUT2D eigenvalue weighted by Gasteiger charge is -2.33. The molecule has 0 bridgehead atoms. The number of rotatable bonds is 6. The van der Waals surface area contributed by atoms with Crippen LogP contribution in [0.5, 0.6) is 11.5 Å². The first-order chi connectivity index (χ1) is 17.8. The second kappa shape index (κ2) is 10.1. The van der Waals surface area contributed by atoms with Gasteiger partial charge >= 0.3 is 0 Å². The van der Waals surface area contributed by atoms with Crippen molar-refractivity contribution in [2.24, 2.45) is 0 Å². The van der Waals surface area contributed by atoms with Crippen LogP contribution in [0.2, 0.25) is 0 Å². The molecule has 1 saturated heterocycles. The molecule has 1 fully saturated rings. The molecule has 4 aromatic rings. The molecule has 2 aliphatic rings.